The highest BCUT2D eigenvalue weighted by atomic mass is 15.0. The SMILES string of the molecule is c1cnc2c(c1)c1nc(-c3cc(-c4nc5c6cccnc6c6ncccc6c5[nH]4)cc(-c4nc5c6cccnc6c6ncccc6c5[nH]4)c3)[nH]c1c1cccnc12. The molecule has 9 aromatic heterocycles. The Balaban J connectivity index is 1.11. The van der Waals surface area contributed by atoms with E-state index in [-0.39, 0.29) is 0 Å². The van der Waals surface area contributed by atoms with E-state index in [0.717, 1.165) is 115 Å². The van der Waals surface area contributed by atoms with Crippen LogP contribution in [-0.4, -0.2) is 59.8 Å². The average Bonchev–Trinajstić information content (AvgIpc) is 4.06. The second kappa shape index (κ2) is 11.1. The predicted molar refractivity (Wildman–Crippen MR) is 224 cm³/mol. The number of fused-ring (bicyclic) bond motifs is 18. The van der Waals surface area contributed by atoms with Gasteiger partial charge in [0.15, 0.2) is 0 Å². The van der Waals surface area contributed by atoms with Gasteiger partial charge in [-0.2, -0.15) is 0 Å². The molecule has 0 saturated heterocycles. The molecule has 12 nitrogen and oxygen atoms in total. The molecule has 0 bridgehead atoms. The first-order valence-corrected chi connectivity index (χ1v) is 18.4. The lowest BCUT2D eigenvalue weighted by atomic mass is 10.0. The second-order valence-electron chi connectivity index (χ2n) is 14.1. The molecule has 13 rings (SSSR count). The van der Waals surface area contributed by atoms with Crippen molar-refractivity contribution >= 4 is 98.5 Å². The summed E-state index contributed by atoms with van der Waals surface area (Å²) in [4.78, 5) is 55.2. The van der Waals surface area contributed by atoms with E-state index in [4.69, 9.17) is 44.9 Å². The molecule has 0 aliphatic rings. The van der Waals surface area contributed by atoms with Crippen LogP contribution in [0.25, 0.3) is 133 Å². The zero-order chi connectivity index (χ0) is 37.2. The molecule has 13 aromatic rings. The number of aromatic nitrogens is 12. The third kappa shape index (κ3) is 4.23. The number of aromatic amines is 3. The number of imidazole rings is 3. The lowest BCUT2D eigenvalue weighted by Crippen LogP contribution is -1.89. The van der Waals surface area contributed by atoms with Crippen LogP contribution in [0.15, 0.2) is 128 Å². The molecule has 0 unspecified atom stereocenters. The molecule has 0 saturated carbocycles. The van der Waals surface area contributed by atoms with E-state index < -0.39 is 0 Å². The Bertz CT molecular complexity index is 3210. The lowest BCUT2D eigenvalue weighted by molar-refractivity contribution is 1.30. The fraction of sp³-hybridized carbons (Fsp3) is 0. The fourth-order valence-corrected chi connectivity index (χ4v) is 8.48. The maximum absolute atomic E-state index is 5.26. The van der Waals surface area contributed by atoms with E-state index in [2.05, 4.69) is 51.4 Å². The van der Waals surface area contributed by atoms with Gasteiger partial charge >= 0.3 is 0 Å². The molecule has 0 spiro atoms. The number of hydrogen-bond donors (Lipinski definition) is 3. The van der Waals surface area contributed by atoms with Crippen molar-refractivity contribution in [2.24, 2.45) is 0 Å². The topological polar surface area (TPSA) is 163 Å². The first-order valence-electron chi connectivity index (χ1n) is 18.4. The molecule has 0 atom stereocenters. The molecule has 4 aromatic carbocycles. The number of H-pyrrole nitrogens is 3. The van der Waals surface area contributed by atoms with Gasteiger partial charge in [0.25, 0.3) is 0 Å². The van der Waals surface area contributed by atoms with Crippen LogP contribution in [0.1, 0.15) is 0 Å². The summed E-state index contributed by atoms with van der Waals surface area (Å²) in [5, 5.41) is 5.62. The fourth-order valence-electron chi connectivity index (χ4n) is 8.48. The maximum Gasteiger partial charge on any atom is 0.138 e. The predicted octanol–water partition coefficient (Wildman–Crippen LogP) is 9.61. The molecule has 0 aliphatic carbocycles. The van der Waals surface area contributed by atoms with E-state index in [0.29, 0.717) is 17.5 Å². The third-order valence-corrected chi connectivity index (χ3v) is 11.0. The van der Waals surface area contributed by atoms with Crippen molar-refractivity contribution in [2.75, 3.05) is 0 Å². The van der Waals surface area contributed by atoms with Gasteiger partial charge < -0.3 is 15.0 Å². The minimum atomic E-state index is 0.690. The molecule has 0 radical (unpaired) electrons. The molecule has 0 amide bonds. The van der Waals surface area contributed by atoms with Gasteiger partial charge in [-0.15, -0.1) is 0 Å². The molecule has 57 heavy (non-hydrogen) atoms. The van der Waals surface area contributed by atoms with E-state index in [1.807, 2.05) is 54.6 Å². The number of rotatable bonds is 3. The number of nitrogens with one attached hydrogen (secondary N) is 3. The summed E-state index contributed by atoms with van der Waals surface area (Å²) in [6.07, 6.45) is 10.8. The Morgan fingerprint density at radius 2 is 0.526 bits per heavy atom. The Kier molecular flexibility index (Phi) is 5.89. The molecule has 0 aliphatic heterocycles. The Morgan fingerprint density at radius 3 is 0.807 bits per heavy atom. The zero-order valence-electron chi connectivity index (χ0n) is 29.6. The zero-order valence-corrected chi connectivity index (χ0v) is 29.6. The number of hydrogen-bond acceptors (Lipinski definition) is 9. The minimum absolute atomic E-state index is 0.690. The van der Waals surface area contributed by atoms with Gasteiger partial charge in [-0.25, -0.2) is 15.0 Å². The summed E-state index contributed by atoms with van der Waals surface area (Å²) in [6, 6.07) is 30.3. The first-order chi connectivity index (χ1) is 28.2. The smallest absolute Gasteiger partial charge is 0.138 e. The van der Waals surface area contributed by atoms with Crippen LogP contribution < -0.4 is 0 Å². The van der Waals surface area contributed by atoms with Crippen molar-refractivity contribution < 1.29 is 0 Å². The Labute approximate surface area is 319 Å². The summed E-state index contributed by atoms with van der Waals surface area (Å²) >= 11 is 0. The van der Waals surface area contributed by atoms with Crippen molar-refractivity contribution in [1.82, 2.24) is 59.8 Å². The molecule has 264 valence electrons. The normalized spacial score (nSPS) is 12.2. The van der Waals surface area contributed by atoms with Gasteiger partial charge in [-0.1, -0.05) is 0 Å². The minimum Gasteiger partial charge on any atom is -0.337 e. The van der Waals surface area contributed by atoms with Gasteiger partial charge in [0.1, 0.15) is 17.5 Å². The van der Waals surface area contributed by atoms with Crippen LogP contribution in [0, 0.1) is 0 Å². The van der Waals surface area contributed by atoms with E-state index in [1.165, 1.54) is 0 Å². The number of nitrogens with zero attached hydrogens (tertiary/aromatic N) is 9. The van der Waals surface area contributed by atoms with Crippen molar-refractivity contribution in [3.63, 3.8) is 0 Å². The second-order valence-corrected chi connectivity index (χ2v) is 14.1. The highest BCUT2D eigenvalue weighted by Crippen LogP contribution is 2.39. The highest BCUT2D eigenvalue weighted by Gasteiger charge is 2.21. The van der Waals surface area contributed by atoms with Crippen molar-refractivity contribution in [1.29, 1.82) is 0 Å². The molecular formula is C45H24N12. The van der Waals surface area contributed by atoms with Gasteiger partial charge in [0.2, 0.25) is 0 Å². The van der Waals surface area contributed by atoms with Crippen LogP contribution in [-0.2, 0) is 0 Å². The monoisotopic (exact) mass is 732 g/mol. The Hall–Kier alpha value is -8.25. The first kappa shape index (κ1) is 30.1. The average molecular weight is 733 g/mol. The Morgan fingerprint density at radius 1 is 0.281 bits per heavy atom. The van der Waals surface area contributed by atoms with E-state index in [9.17, 15) is 0 Å². The van der Waals surface area contributed by atoms with Crippen molar-refractivity contribution in [2.45, 2.75) is 0 Å². The number of pyridine rings is 6. The van der Waals surface area contributed by atoms with Gasteiger partial charge in [0.05, 0.1) is 66.2 Å². The van der Waals surface area contributed by atoms with Gasteiger partial charge in [-0.05, 0) is 91.0 Å². The van der Waals surface area contributed by atoms with Crippen LogP contribution in [0.5, 0.6) is 0 Å². The standard InChI is InChI=1S/C45H24N12/c1-7-25-31(46-13-1)32-26(8-2-14-47-32)38-37(25)52-43(53-38)22-19-23(44-54-39-27-9-3-15-48-33(27)34-28(40(39)55-44)10-4-16-49-34)21-24(20-22)45-56-41-29-11-5-17-50-35(29)36-30(42(41)57-45)12-6-18-51-36/h1-21H,(H,52,53)(H,54,55)(H,56,57). The van der Waals surface area contributed by atoms with Crippen LogP contribution in [0.4, 0.5) is 0 Å². The van der Waals surface area contributed by atoms with Crippen molar-refractivity contribution in [3.8, 4) is 34.2 Å². The quantitative estimate of drug-likeness (QED) is 0.150. The van der Waals surface area contributed by atoms with Crippen LogP contribution in [0.3, 0.4) is 0 Å². The molecule has 12 heteroatoms. The van der Waals surface area contributed by atoms with E-state index in [1.54, 1.807) is 37.2 Å². The summed E-state index contributed by atoms with van der Waals surface area (Å²) < 4.78 is 0. The summed E-state index contributed by atoms with van der Waals surface area (Å²) in [7, 11) is 0. The van der Waals surface area contributed by atoms with E-state index >= 15 is 0 Å². The molecular weight excluding hydrogens is 709 g/mol. The maximum atomic E-state index is 5.26. The number of benzene rings is 4. The molecule has 3 N–H and O–H groups in total. The van der Waals surface area contributed by atoms with Crippen molar-refractivity contribution in [3.05, 3.63) is 128 Å². The summed E-state index contributed by atoms with van der Waals surface area (Å²) in [6.45, 7) is 0. The van der Waals surface area contributed by atoms with Crippen LogP contribution in [0.2, 0.25) is 0 Å². The van der Waals surface area contributed by atoms with Gasteiger partial charge in [0, 0.05) is 86.2 Å². The largest absolute Gasteiger partial charge is 0.337 e. The highest BCUT2D eigenvalue weighted by molar-refractivity contribution is 6.23. The molecule has 9 heterocycles. The summed E-state index contributed by atoms with van der Waals surface area (Å²) in [5.41, 5.74) is 12.6. The molecule has 0 fully saturated rings. The lowest BCUT2D eigenvalue weighted by Gasteiger charge is -2.06. The summed E-state index contributed by atoms with van der Waals surface area (Å²) in [5.74, 6) is 2.07. The van der Waals surface area contributed by atoms with Crippen LogP contribution >= 0.6 is 0 Å². The third-order valence-electron chi connectivity index (χ3n) is 11.0. The van der Waals surface area contributed by atoms with Gasteiger partial charge in [-0.3, -0.25) is 29.9 Å².